The molecule has 1 N–H and O–H groups in total. The molecule has 1 aliphatic heterocycles. The van der Waals surface area contributed by atoms with Gasteiger partial charge in [0.2, 0.25) is 0 Å². The molecule has 0 spiro atoms. The van der Waals surface area contributed by atoms with E-state index in [1.807, 2.05) is 28.3 Å². The molecular weight excluding hydrogens is 400 g/mol. The summed E-state index contributed by atoms with van der Waals surface area (Å²) in [6.45, 7) is 0.671. The zero-order valence-electron chi connectivity index (χ0n) is 15.1. The molecule has 6 rings (SSSR count). The van der Waals surface area contributed by atoms with Gasteiger partial charge in [0, 0.05) is 44.8 Å². The van der Waals surface area contributed by atoms with Crippen molar-refractivity contribution in [1.82, 2.24) is 9.38 Å². The summed E-state index contributed by atoms with van der Waals surface area (Å²) in [6.07, 6.45) is 5.53. The maximum absolute atomic E-state index is 12.8. The molecule has 1 amide bonds. The lowest BCUT2D eigenvalue weighted by molar-refractivity contribution is 0.102. The number of thiazole rings is 1. The number of nitrogens with zero attached hydrogens (tertiary/aromatic N) is 3. The largest absolute Gasteiger partial charge is 0.321 e. The van der Waals surface area contributed by atoms with Crippen LogP contribution >= 0.6 is 22.7 Å². The normalized spacial score (nSPS) is 12.7. The number of amides is 1. The number of aromatic nitrogens is 2. The SMILES string of the molecule is O=C(Nc1cc2c(c(-c3cc4ccccc4s3)c1)CN=C2)c1cn2ccsc2n1. The van der Waals surface area contributed by atoms with Crippen molar-refractivity contribution in [3.8, 4) is 10.4 Å². The van der Waals surface area contributed by atoms with Crippen molar-refractivity contribution in [3.63, 3.8) is 0 Å². The van der Waals surface area contributed by atoms with Crippen molar-refractivity contribution in [1.29, 1.82) is 0 Å². The molecule has 140 valence electrons. The first-order chi connectivity index (χ1) is 14.2. The van der Waals surface area contributed by atoms with Gasteiger partial charge < -0.3 is 5.32 Å². The van der Waals surface area contributed by atoms with E-state index >= 15 is 0 Å². The summed E-state index contributed by atoms with van der Waals surface area (Å²) in [4.78, 5) is 23.6. The van der Waals surface area contributed by atoms with E-state index in [4.69, 9.17) is 0 Å². The van der Waals surface area contributed by atoms with Crippen molar-refractivity contribution >= 4 is 55.5 Å². The van der Waals surface area contributed by atoms with Crippen LogP contribution in [-0.2, 0) is 6.54 Å². The molecule has 0 radical (unpaired) electrons. The number of anilines is 1. The molecule has 0 atom stereocenters. The number of hydrogen-bond acceptors (Lipinski definition) is 5. The number of nitrogens with one attached hydrogen (secondary N) is 1. The quantitative estimate of drug-likeness (QED) is 0.426. The number of benzene rings is 2. The summed E-state index contributed by atoms with van der Waals surface area (Å²) >= 11 is 3.27. The Balaban J connectivity index is 1.40. The van der Waals surface area contributed by atoms with E-state index in [1.54, 1.807) is 17.5 Å². The number of carbonyl (C=O) groups excluding carboxylic acids is 1. The summed E-state index contributed by atoms with van der Waals surface area (Å²) in [5.74, 6) is -0.210. The van der Waals surface area contributed by atoms with Gasteiger partial charge in [-0.05, 0) is 40.8 Å². The molecule has 1 aliphatic rings. The van der Waals surface area contributed by atoms with E-state index in [1.165, 1.54) is 31.9 Å². The maximum Gasteiger partial charge on any atom is 0.275 e. The van der Waals surface area contributed by atoms with Crippen LogP contribution in [0, 0.1) is 0 Å². The number of rotatable bonds is 3. The van der Waals surface area contributed by atoms with Crippen LogP contribution in [0.25, 0.3) is 25.5 Å². The minimum absolute atomic E-state index is 0.210. The average molecular weight is 415 g/mol. The van der Waals surface area contributed by atoms with Crippen LogP contribution in [0.15, 0.2) is 65.2 Å². The number of aliphatic imine (C=N–C) groups is 1. The summed E-state index contributed by atoms with van der Waals surface area (Å²) in [5.41, 5.74) is 4.56. The Morgan fingerprint density at radius 3 is 3.00 bits per heavy atom. The third-order valence-electron chi connectivity index (χ3n) is 5.04. The Morgan fingerprint density at radius 2 is 2.10 bits per heavy atom. The van der Waals surface area contributed by atoms with Gasteiger partial charge in [-0.2, -0.15) is 0 Å². The highest BCUT2D eigenvalue weighted by atomic mass is 32.1. The zero-order chi connectivity index (χ0) is 19.4. The Kier molecular flexibility index (Phi) is 3.65. The Morgan fingerprint density at radius 1 is 1.17 bits per heavy atom. The van der Waals surface area contributed by atoms with E-state index in [2.05, 4.69) is 51.7 Å². The highest BCUT2D eigenvalue weighted by Crippen LogP contribution is 2.39. The smallest absolute Gasteiger partial charge is 0.275 e. The molecule has 29 heavy (non-hydrogen) atoms. The van der Waals surface area contributed by atoms with Gasteiger partial charge in [-0.15, -0.1) is 22.7 Å². The molecule has 0 aliphatic carbocycles. The van der Waals surface area contributed by atoms with Crippen LogP contribution in [0.3, 0.4) is 0 Å². The molecule has 5 aromatic rings. The Hall–Kier alpha value is -3.29. The Labute approximate surface area is 174 Å². The van der Waals surface area contributed by atoms with Gasteiger partial charge in [0.25, 0.3) is 5.91 Å². The summed E-state index contributed by atoms with van der Waals surface area (Å²) in [5, 5.41) is 6.19. The lowest BCUT2D eigenvalue weighted by Gasteiger charge is -2.11. The maximum atomic E-state index is 12.8. The van der Waals surface area contributed by atoms with Gasteiger partial charge in [0.1, 0.15) is 5.69 Å². The fourth-order valence-electron chi connectivity index (χ4n) is 3.66. The van der Waals surface area contributed by atoms with Crippen LogP contribution < -0.4 is 5.32 Å². The molecule has 0 unspecified atom stereocenters. The fraction of sp³-hybridized carbons (Fsp3) is 0.0455. The molecule has 0 saturated heterocycles. The minimum Gasteiger partial charge on any atom is -0.321 e. The molecule has 0 saturated carbocycles. The number of thiophene rings is 1. The lowest BCUT2D eigenvalue weighted by atomic mass is 10.0. The van der Waals surface area contributed by atoms with Gasteiger partial charge in [0.05, 0.1) is 6.54 Å². The van der Waals surface area contributed by atoms with E-state index in [0.29, 0.717) is 12.2 Å². The molecule has 7 heteroatoms. The summed E-state index contributed by atoms with van der Waals surface area (Å²) < 4.78 is 3.11. The van der Waals surface area contributed by atoms with Gasteiger partial charge in [-0.3, -0.25) is 14.2 Å². The first-order valence-electron chi connectivity index (χ1n) is 9.14. The van der Waals surface area contributed by atoms with Crippen LogP contribution in [0.5, 0.6) is 0 Å². The van der Waals surface area contributed by atoms with Crippen LogP contribution in [-0.4, -0.2) is 21.5 Å². The Bertz CT molecular complexity index is 1380. The number of fused-ring (bicyclic) bond motifs is 3. The van der Waals surface area contributed by atoms with E-state index in [9.17, 15) is 4.79 Å². The predicted molar refractivity (Wildman–Crippen MR) is 120 cm³/mol. The number of imidazole rings is 1. The third-order valence-corrected chi connectivity index (χ3v) is 6.96. The second-order valence-electron chi connectivity index (χ2n) is 6.88. The standard InChI is InChI=1S/C22H14N4OS2/c27-21(18-12-26-5-6-28-22(26)25-18)24-15-7-14-10-23-11-17(14)16(9-15)20-8-13-3-1-2-4-19(13)29-20/h1-10,12H,11H2,(H,24,27). The highest BCUT2D eigenvalue weighted by Gasteiger charge is 2.18. The molecule has 0 bridgehead atoms. The van der Waals surface area contributed by atoms with E-state index in [0.717, 1.165) is 21.8 Å². The van der Waals surface area contributed by atoms with Crippen LogP contribution in [0.4, 0.5) is 5.69 Å². The minimum atomic E-state index is -0.210. The van der Waals surface area contributed by atoms with Crippen LogP contribution in [0.1, 0.15) is 21.6 Å². The molecule has 4 heterocycles. The lowest BCUT2D eigenvalue weighted by Crippen LogP contribution is -2.12. The van der Waals surface area contributed by atoms with Crippen molar-refractivity contribution in [2.24, 2.45) is 4.99 Å². The first kappa shape index (κ1) is 16.6. The second-order valence-corrected chi connectivity index (χ2v) is 8.84. The number of carbonyl (C=O) groups is 1. The molecule has 2 aromatic carbocycles. The van der Waals surface area contributed by atoms with Gasteiger partial charge in [-0.25, -0.2) is 4.98 Å². The predicted octanol–water partition coefficient (Wildman–Crippen LogP) is 5.46. The average Bonchev–Trinajstić information content (AvgIpc) is 3.48. The van der Waals surface area contributed by atoms with Crippen LogP contribution in [0.2, 0.25) is 0 Å². The van der Waals surface area contributed by atoms with Gasteiger partial charge in [0.15, 0.2) is 4.96 Å². The zero-order valence-corrected chi connectivity index (χ0v) is 16.8. The second kappa shape index (κ2) is 6.37. The first-order valence-corrected chi connectivity index (χ1v) is 10.8. The number of hydrogen-bond donors (Lipinski definition) is 1. The molecular formula is C22H14N4OS2. The highest BCUT2D eigenvalue weighted by molar-refractivity contribution is 7.22. The molecule has 5 nitrogen and oxygen atoms in total. The summed E-state index contributed by atoms with van der Waals surface area (Å²) in [7, 11) is 0. The third kappa shape index (κ3) is 2.78. The van der Waals surface area contributed by atoms with Crippen molar-refractivity contribution in [3.05, 3.63) is 77.1 Å². The fourth-order valence-corrected chi connectivity index (χ4v) is 5.47. The topological polar surface area (TPSA) is 58.8 Å². The van der Waals surface area contributed by atoms with Crippen molar-refractivity contribution in [2.75, 3.05) is 5.32 Å². The van der Waals surface area contributed by atoms with Crippen molar-refractivity contribution < 1.29 is 4.79 Å². The van der Waals surface area contributed by atoms with Crippen molar-refractivity contribution in [2.45, 2.75) is 6.54 Å². The van der Waals surface area contributed by atoms with E-state index < -0.39 is 0 Å². The monoisotopic (exact) mass is 414 g/mol. The molecule has 0 fully saturated rings. The molecule has 3 aromatic heterocycles. The van der Waals surface area contributed by atoms with Gasteiger partial charge >= 0.3 is 0 Å². The summed E-state index contributed by atoms with van der Waals surface area (Å²) in [6, 6.07) is 14.6. The van der Waals surface area contributed by atoms with Gasteiger partial charge in [-0.1, -0.05) is 18.2 Å². The van der Waals surface area contributed by atoms with E-state index in [-0.39, 0.29) is 5.91 Å².